The molecular weight excluding hydrogens is 646 g/mol. The first-order valence-electron chi connectivity index (χ1n) is 14.9. The minimum atomic E-state index is -1.03. The van der Waals surface area contributed by atoms with E-state index in [0.717, 1.165) is 44.1 Å². The van der Waals surface area contributed by atoms with Crippen molar-refractivity contribution in [3.05, 3.63) is 102 Å². The number of nitrogen functional groups attached to an aromatic ring is 2. The summed E-state index contributed by atoms with van der Waals surface area (Å²) in [6, 6.07) is 25.3. The Balaban J connectivity index is 0.000000174. The number of halogens is 1. The Hall–Kier alpha value is -6.67. The third kappa shape index (κ3) is 7.34. The summed E-state index contributed by atoms with van der Waals surface area (Å²) in [5, 5.41) is 30.5. The number of fused-ring (bicyclic) bond motifs is 2. The van der Waals surface area contributed by atoms with Crippen LogP contribution >= 0.6 is 11.6 Å². The highest BCUT2D eigenvalue weighted by Crippen LogP contribution is 2.29. The fraction of sp³-hybridized carbons (Fsp3) is 0.0588. The molecule has 3 aromatic carbocycles. The molecule has 15 heteroatoms. The summed E-state index contributed by atoms with van der Waals surface area (Å²) < 4.78 is 0. The Morgan fingerprint density at radius 3 is 1.96 bits per heavy atom. The molecule has 7 rings (SSSR count). The van der Waals surface area contributed by atoms with E-state index in [1.165, 1.54) is 4.90 Å². The van der Waals surface area contributed by atoms with Crippen LogP contribution in [0.2, 0.25) is 5.02 Å². The molecule has 14 nitrogen and oxygen atoms in total. The zero-order valence-corrected chi connectivity index (χ0v) is 26.7. The maximum absolute atomic E-state index is 12.2. The Labute approximate surface area is 284 Å². The molecule has 0 aliphatic heterocycles. The molecule has 0 atom stereocenters. The summed E-state index contributed by atoms with van der Waals surface area (Å²) >= 11 is 5.92. The van der Waals surface area contributed by atoms with E-state index in [2.05, 4.69) is 41.0 Å². The molecule has 0 saturated carbocycles. The highest BCUT2D eigenvalue weighted by Gasteiger charge is 2.14. The second-order valence-corrected chi connectivity index (χ2v) is 11.1. The summed E-state index contributed by atoms with van der Waals surface area (Å²) in [6.45, 7) is 2.10. The Bertz CT molecular complexity index is 2300. The van der Waals surface area contributed by atoms with Gasteiger partial charge in [0.1, 0.15) is 11.6 Å². The Morgan fingerprint density at radius 1 is 0.776 bits per heavy atom. The van der Waals surface area contributed by atoms with Gasteiger partial charge in [0.25, 0.3) is 0 Å². The quantitative estimate of drug-likeness (QED) is 0.0945. The number of amides is 3. The van der Waals surface area contributed by atoms with Gasteiger partial charge in [-0.05, 0) is 95.9 Å². The minimum Gasteiger partial charge on any atom is -0.465 e. The first-order chi connectivity index (χ1) is 23.7. The first-order valence-corrected chi connectivity index (χ1v) is 15.3. The number of H-pyrrole nitrogens is 2. The molecule has 3 amide bonds. The molecule has 0 radical (unpaired) electrons. The second kappa shape index (κ2) is 14.0. The maximum Gasteiger partial charge on any atom is 0.412 e. The monoisotopic (exact) mass is 675 g/mol. The third-order valence-electron chi connectivity index (χ3n) is 7.50. The molecule has 4 aromatic heterocycles. The van der Waals surface area contributed by atoms with Crippen molar-refractivity contribution in [1.29, 1.82) is 0 Å². The molecule has 49 heavy (non-hydrogen) atoms. The smallest absolute Gasteiger partial charge is 0.412 e. The van der Waals surface area contributed by atoms with Crippen LogP contribution in [0.15, 0.2) is 97.3 Å². The fourth-order valence-corrected chi connectivity index (χ4v) is 5.28. The van der Waals surface area contributed by atoms with Gasteiger partial charge in [-0.25, -0.2) is 19.6 Å². The van der Waals surface area contributed by atoms with Gasteiger partial charge in [0.2, 0.25) is 0 Å². The van der Waals surface area contributed by atoms with E-state index in [-0.39, 0.29) is 0 Å². The molecule has 0 fully saturated rings. The average molecular weight is 676 g/mol. The number of aromatic nitrogens is 6. The number of urea groups is 1. The van der Waals surface area contributed by atoms with Crippen LogP contribution in [-0.4, -0.2) is 54.1 Å². The van der Waals surface area contributed by atoms with Gasteiger partial charge in [-0.2, -0.15) is 10.2 Å². The second-order valence-electron chi connectivity index (χ2n) is 10.7. The van der Waals surface area contributed by atoms with E-state index in [4.69, 9.17) is 23.1 Å². The summed E-state index contributed by atoms with van der Waals surface area (Å²) in [6.07, 6.45) is 2.20. The number of carbonyl (C=O) groups is 2. The molecule has 0 aliphatic carbocycles. The summed E-state index contributed by atoms with van der Waals surface area (Å²) in [7, 11) is 0. The van der Waals surface area contributed by atoms with Crippen LogP contribution in [0.1, 0.15) is 6.92 Å². The number of benzene rings is 3. The maximum atomic E-state index is 12.2. The standard InChI is InChI=1S/C19H15ClN6O.C15H15N5O2/c20-13-2-1-3-14(10-13)23-19(27)24-17-9-12(6-7-22-17)11-4-5-16-15(8-11)18(21)26-25-16;1-2-20(15(21)22)13-8-10(5-6-17-13)9-3-4-12-11(7-9)14(16)19-18-12/h1-10H,(H3,21,25,26)(H2,22,23,24,27);3-8H,2H2,1H3,(H,21,22)(H3,16,18,19). The minimum absolute atomic E-state index is 0.333. The normalized spacial score (nSPS) is 10.7. The van der Waals surface area contributed by atoms with Crippen LogP contribution in [0.5, 0.6) is 0 Å². The zero-order valence-electron chi connectivity index (χ0n) is 26.0. The number of rotatable bonds is 6. The lowest BCUT2D eigenvalue weighted by Gasteiger charge is -2.16. The lowest BCUT2D eigenvalue weighted by Crippen LogP contribution is -2.29. The SMILES string of the molecule is CCN(C(=O)O)c1cc(-c2ccc3[nH]nc(N)c3c2)ccn1.Nc1n[nH]c2ccc(-c3ccnc(NC(=O)Nc4cccc(Cl)c4)c3)cc12. The molecule has 0 bridgehead atoms. The predicted molar refractivity (Wildman–Crippen MR) is 193 cm³/mol. The highest BCUT2D eigenvalue weighted by atomic mass is 35.5. The number of hydrogen-bond donors (Lipinski definition) is 7. The van der Waals surface area contributed by atoms with E-state index in [0.29, 0.717) is 40.5 Å². The van der Waals surface area contributed by atoms with E-state index >= 15 is 0 Å². The number of nitrogens with one attached hydrogen (secondary N) is 4. The van der Waals surface area contributed by atoms with Gasteiger partial charge < -0.3 is 21.9 Å². The molecule has 9 N–H and O–H groups in total. The van der Waals surface area contributed by atoms with Gasteiger partial charge in [-0.15, -0.1) is 0 Å². The Morgan fingerprint density at radius 2 is 1.37 bits per heavy atom. The van der Waals surface area contributed by atoms with Crippen LogP contribution in [-0.2, 0) is 0 Å². The number of nitrogens with zero attached hydrogens (tertiary/aromatic N) is 5. The van der Waals surface area contributed by atoms with Crippen molar-refractivity contribution in [3.8, 4) is 22.3 Å². The van der Waals surface area contributed by atoms with Crippen molar-refractivity contribution < 1.29 is 14.7 Å². The number of nitrogens with two attached hydrogens (primary N) is 2. The summed E-state index contributed by atoms with van der Waals surface area (Å²) in [4.78, 5) is 32.9. The van der Waals surface area contributed by atoms with E-state index in [9.17, 15) is 14.7 Å². The van der Waals surface area contributed by atoms with Gasteiger partial charge in [0.05, 0.1) is 11.0 Å². The van der Waals surface area contributed by atoms with Gasteiger partial charge in [-0.3, -0.25) is 20.4 Å². The number of carbonyl (C=O) groups excluding carboxylic acids is 1. The van der Waals surface area contributed by atoms with Crippen molar-refractivity contribution in [2.24, 2.45) is 0 Å². The summed E-state index contributed by atoms with van der Waals surface area (Å²) in [5.74, 6) is 1.70. The lowest BCUT2D eigenvalue weighted by atomic mass is 10.0. The lowest BCUT2D eigenvalue weighted by molar-refractivity contribution is 0.202. The van der Waals surface area contributed by atoms with Crippen molar-refractivity contribution >= 4 is 74.5 Å². The third-order valence-corrected chi connectivity index (χ3v) is 7.74. The van der Waals surface area contributed by atoms with E-state index in [1.54, 1.807) is 55.7 Å². The fourth-order valence-electron chi connectivity index (χ4n) is 5.09. The molecule has 0 saturated heterocycles. The number of aromatic amines is 2. The van der Waals surface area contributed by atoms with Gasteiger partial charge in [0.15, 0.2) is 11.6 Å². The van der Waals surface area contributed by atoms with Crippen molar-refractivity contribution in [3.63, 3.8) is 0 Å². The predicted octanol–water partition coefficient (Wildman–Crippen LogP) is 7.22. The van der Waals surface area contributed by atoms with Crippen molar-refractivity contribution in [2.75, 3.05) is 33.5 Å². The van der Waals surface area contributed by atoms with Crippen molar-refractivity contribution in [1.82, 2.24) is 30.4 Å². The molecule has 0 spiro atoms. The molecule has 0 unspecified atom stereocenters. The summed E-state index contributed by atoms with van der Waals surface area (Å²) in [5.41, 5.74) is 17.6. The van der Waals surface area contributed by atoms with Crippen LogP contribution in [0.25, 0.3) is 44.1 Å². The number of pyridine rings is 2. The topological polar surface area (TPSA) is 217 Å². The molecule has 4 heterocycles. The van der Waals surface area contributed by atoms with Gasteiger partial charge >= 0.3 is 12.1 Å². The molecule has 0 aliphatic rings. The van der Waals surface area contributed by atoms with Crippen LogP contribution in [0.3, 0.4) is 0 Å². The number of hydrogen-bond acceptors (Lipinski definition) is 8. The zero-order chi connectivity index (χ0) is 34.5. The van der Waals surface area contributed by atoms with Crippen LogP contribution in [0.4, 0.5) is 38.5 Å². The Kier molecular flexibility index (Phi) is 9.21. The highest BCUT2D eigenvalue weighted by molar-refractivity contribution is 6.30. The number of anilines is 5. The van der Waals surface area contributed by atoms with E-state index < -0.39 is 12.1 Å². The number of carboxylic acid groups (broad SMARTS) is 1. The van der Waals surface area contributed by atoms with Gasteiger partial charge in [0, 0.05) is 40.4 Å². The van der Waals surface area contributed by atoms with Crippen molar-refractivity contribution in [2.45, 2.75) is 6.92 Å². The largest absolute Gasteiger partial charge is 0.465 e. The van der Waals surface area contributed by atoms with Crippen LogP contribution in [0, 0.1) is 0 Å². The average Bonchev–Trinajstić information content (AvgIpc) is 3.66. The van der Waals surface area contributed by atoms with Crippen LogP contribution < -0.4 is 27.0 Å². The van der Waals surface area contributed by atoms with E-state index in [1.807, 2.05) is 48.5 Å². The molecule has 7 aromatic rings. The first kappa shape index (κ1) is 32.3. The molecular formula is C34H30ClN11O3. The molecule has 246 valence electrons. The van der Waals surface area contributed by atoms with Gasteiger partial charge in [-0.1, -0.05) is 29.8 Å².